The first kappa shape index (κ1) is 14.5. The van der Waals surface area contributed by atoms with E-state index in [-0.39, 0.29) is 6.04 Å². The van der Waals surface area contributed by atoms with Crippen molar-refractivity contribution in [2.24, 2.45) is 5.73 Å². The Morgan fingerprint density at radius 1 is 1.42 bits per heavy atom. The van der Waals surface area contributed by atoms with Crippen LogP contribution in [0.1, 0.15) is 11.3 Å². The van der Waals surface area contributed by atoms with Crippen molar-refractivity contribution >= 4 is 11.3 Å². The van der Waals surface area contributed by atoms with Crippen molar-refractivity contribution < 1.29 is 4.74 Å². The quantitative estimate of drug-likeness (QED) is 0.559. The highest BCUT2D eigenvalue weighted by molar-refractivity contribution is 7.10. The van der Waals surface area contributed by atoms with Crippen molar-refractivity contribution in [2.75, 3.05) is 27.2 Å². The molecule has 0 radical (unpaired) electrons. The normalized spacial score (nSPS) is 21.7. The molecule has 0 aromatic carbocycles. The third-order valence-corrected chi connectivity index (χ3v) is 3.93. The maximum absolute atomic E-state index is 5.79. The van der Waals surface area contributed by atoms with E-state index in [1.54, 1.807) is 11.3 Å². The Balaban J connectivity index is 1.57. The van der Waals surface area contributed by atoms with Crippen LogP contribution in [0.5, 0.6) is 5.75 Å². The fourth-order valence-electron chi connectivity index (χ4n) is 1.92. The molecule has 0 saturated carbocycles. The van der Waals surface area contributed by atoms with Crippen molar-refractivity contribution in [1.29, 1.82) is 0 Å². The zero-order valence-corrected chi connectivity index (χ0v) is 12.5. The summed E-state index contributed by atoms with van der Waals surface area (Å²) in [6.07, 6.45) is 5.12. The highest BCUT2D eigenvalue weighted by atomic mass is 32.1. The smallest absolute Gasteiger partial charge is 0.130 e. The molecule has 0 amide bonds. The molecular formula is C14H23N3OS. The van der Waals surface area contributed by atoms with Crippen molar-refractivity contribution in [1.82, 2.24) is 10.2 Å². The van der Waals surface area contributed by atoms with Gasteiger partial charge < -0.3 is 20.7 Å². The van der Waals surface area contributed by atoms with Gasteiger partial charge in [0.05, 0.1) is 6.61 Å². The molecule has 1 heterocycles. The van der Waals surface area contributed by atoms with Gasteiger partial charge in [0.2, 0.25) is 0 Å². The average Bonchev–Trinajstić information content (AvgIpc) is 2.78. The Labute approximate surface area is 119 Å². The molecule has 5 heteroatoms. The van der Waals surface area contributed by atoms with Crippen LogP contribution in [0, 0.1) is 0 Å². The van der Waals surface area contributed by atoms with Gasteiger partial charge in [0, 0.05) is 28.9 Å². The largest absolute Gasteiger partial charge is 0.493 e. The van der Waals surface area contributed by atoms with Crippen LogP contribution in [0.3, 0.4) is 0 Å². The lowest BCUT2D eigenvalue weighted by molar-refractivity contribution is 0.305. The SMILES string of the molecule is CN(C)Cc1cc(OCCCNC2C=CC2N)cs1. The predicted molar refractivity (Wildman–Crippen MR) is 80.7 cm³/mol. The Kier molecular flexibility index (Phi) is 5.39. The molecule has 0 aliphatic heterocycles. The lowest BCUT2D eigenvalue weighted by atomic mass is 9.98. The van der Waals surface area contributed by atoms with Gasteiger partial charge in [-0.2, -0.15) is 0 Å². The number of ether oxygens (including phenoxy) is 1. The van der Waals surface area contributed by atoms with E-state index in [0.717, 1.165) is 31.9 Å². The summed E-state index contributed by atoms with van der Waals surface area (Å²) in [7, 11) is 4.15. The molecule has 1 aromatic heterocycles. The topological polar surface area (TPSA) is 50.5 Å². The summed E-state index contributed by atoms with van der Waals surface area (Å²) in [5, 5.41) is 5.47. The van der Waals surface area contributed by atoms with Crippen molar-refractivity contribution in [3.63, 3.8) is 0 Å². The third-order valence-electron chi connectivity index (χ3n) is 3.03. The second kappa shape index (κ2) is 7.05. The first-order chi connectivity index (χ1) is 9.15. The number of nitrogens with two attached hydrogens (primary N) is 1. The highest BCUT2D eigenvalue weighted by Gasteiger charge is 2.18. The van der Waals surface area contributed by atoms with Crippen molar-refractivity contribution in [2.45, 2.75) is 25.0 Å². The van der Waals surface area contributed by atoms with Crippen LogP contribution in [0.15, 0.2) is 23.6 Å². The lowest BCUT2D eigenvalue weighted by Gasteiger charge is -2.26. The van der Waals surface area contributed by atoms with E-state index in [1.165, 1.54) is 4.88 Å². The van der Waals surface area contributed by atoms with Gasteiger partial charge in [-0.05, 0) is 33.1 Å². The second-order valence-corrected chi connectivity index (χ2v) is 6.13. The second-order valence-electron chi connectivity index (χ2n) is 5.13. The summed E-state index contributed by atoms with van der Waals surface area (Å²) in [5.41, 5.74) is 5.79. The van der Waals surface area contributed by atoms with Crippen LogP contribution in [-0.4, -0.2) is 44.2 Å². The van der Waals surface area contributed by atoms with Gasteiger partial charge >= 0.3 is 0 Å². The number of hydrogen-bond donors (Lipinski definition) is 2. The van der Waals surface area contributed by atoms with E-state index < -0.39 is 0 Å². The summed E-state index contributed by atoms with van der Waals surface area (Å²) in [6, 6.07) is 2.67. The maximum Gasteiger partial charge on any atom is 0.130 e. The molecule has 2 rings (SSSR count). The molecule has 106 valence electrons. The van der Waals surface area contributed by atoms with Gasteiger partial charge in [-0.3, -0.25) is 0 Å². The average molecular weight is 281 g/mol. The zero-order chi connectivity index (χ0) is 13.7. The molecule has 2 atom stereocenters. The molecule has 2 unspecified atom stereocenters. The van der Waals surface area contributed by atoms with E-state index in [0.29, 0.717) is 6.04 Å². The van der Waals surface area contributed by atoms with Crippen LogP contribution in [-0.2, 0) is 6.54 Å². The summed E-state index contributed by atoms with van der Waals surface area (Å²) in [6.45, 7) is 2.66. The molecule has 1 aromatic rings. The minimum absolute atomic E-state index is 0.186. The monoisotopic (exact) mass is 281 g/mol. The van der Waals surface area contributed by atoms with Crippen LogP contribution in [0.2, 0.25) is 0 Å². The summed E-state index contributed by atoms with van der Waals surface area (Å²) in [5.74, 6) is 0.988. The molecular weight excluding hydrogens is 258 g/mol. The fraction of sp³-hybridized carbons (Fsp3) is 0.571. The van der Waals surface area contributed by atoms with Gasteiger partial charge in [-0.1, -0.05) is 12.2 Å². The molecule has 0 spiro atoms. The Bertz CT molecular complexity index is 417. The van der Waals surface area contributed by atoms with E-state index in [1.807, 2.05) is 6.08 Å². The highest BCUT2D eigenvalue weighted by Crippen LogP contribution is 2.22. The Morgan fingerprint density at radius 2 is 2.26 bits per heavy atom. The molecule has 0 saturated heterocycles. The van der Waals surface area contributed by atoms with E-state index >= 15 is 0 Å². The van der Waals surface area contributed by atoms with Gasteiger partial charge in [-0.25, -0.2) is 0 Å². The number of rotatable bonds is 8. The Hall–Kier alpha value is -0.880. The van der Waals surface area contributed by atoms with Crippen molar-refractivity contribution in [3.05, 3.63) is 28.5 Å². The first-order valence-corrected chi connectivity index (χ1v) is 7.55. The summed E-state index contributed by atoms with van der Waals surface area (Å²) in [4.78, 5) is 3.50. The fourth-order valence-corrected chi connectivity index (χ4v) is 2.84. The first-order valence-electron chi connectivity index (χ1n) is 6.67. The van der Waals surface area contributed by atoms with Gasteiger partial charge in [0.1, 0.15) is 5.75 Å². The number of hydrogen-bond acceptors (Lipinski definition) is 5. The maximum atomic E-state index is 5.79. The van der Waals surface area contributed by atoms with Gasteiger partial charge in [0.15, 0.2) is 0 Å². The molecule has 3 N–H and O–H groups in total. The molecule has 19 heavy (non-hydrogen) atoms. The predicted octanol–water partition coefficient (Wildman–Crippen LogP) is 1.43. The number of nitrogens with one attached hydrogen (secondary N) is 1. The van der Waals surface area contributed by atoms with Crippen LogP contribution in [0.25, 0.3) is 0 Å². The minimum atomic E-state index is 0.186. The third kappa shape index (κ3) is 4.62. The standard InChI is InChI=1S/C14H23N3OS/c1-17(2)9-12-8-11(10-19-12)18-7-3-6-16-14-5-4-13(14)15/h4-5,8,10,13-14,16H,3,6-7,9,15H2,1-2H3. The minimum Gasteiger partial charge on any atom is -0.493 e. The van der Waals surface area contributed by atoms with Gasteiger partial charge in [-0.15, -0.1) is 11.3 Å². The van der Waals surface area contributed by atoms with Crippen LogP contribution in [0.4, 0.5) is 0 Å². The zero-order valence-electron chi connectivity index (χ0n) is 11.6. The molecule has 1 aliphatic rings. The summed E-state index contributed by atoms with van der Waals surface area (Å²) < 4.78 is 5.73. The number of thiophene rings is 1. The van der Waals surface area contributed by atoms with Crippen LogP contribution < -0.4 is 15.8 Å². The molecule has 4 nitrogen and oxygen atoms in total. The summed E-state index contributed by atoms with van der Waals surface area (Å²) >= 11 is 1.75. The van der Waals surface area contributed by atoms with Gasteiger partial charge in [0.25, 0.3) is 0 Å². The lowest BCUT2D eigenvalue weighted by Crippen LogP contribution is -2.48. The molecule has 0 fully saturated rings. The number of nitrogens with zero attached hydrogens (tertiary/aromatic N) is 1. The van der Waals surface area contributed by atoms with E-state index in [9.17, 15) is 0 Å². The molecule has 0 bridgehead atoms. The van der Waals surface area contributed by atoms with Crippen molar-refractivity contribution in [3.8, 4) is 5.75 Å². The van der Waals surface area contributed by atoms with E-state index in [4.69, 9.17) is 10.5 Å². The Morgan fingerprint density at radius 3 is 2.89 bits per heavy atom. The van der Waals surface area contributed by atoms with Crippen LogP contribution >= 0.6 is 11.3 Å². The van der Waals surface area contributed by atoms with E-state index in [2.05, 4.69) is 41.8 Å². The molecule has 1 aliphatic carbocycles.